The second kappa shape index (κ2) is 9.27. The third-order valence-electron chi connectivity index (χ3n) is 6.34. The van der Waals surface area contributed by atoms with Crippen molar-refractivity contribution in [2.75, 3.05) is 31.1 Å². The SMILES string of the molecule is Cc1noc(-c2ccc3nc(Cc4cc(CN5CCN(c6ccncc6)CC5)ccn4)[nH]c3c2)n1. The van der Waals surface area contributed by atoms with Crippen LogP contribution in [-0.4, -0.2) is 61.2 Å². The lowest BCUT2D eigenvalue weighted by atomic mass is 10.1. The van der Waals surface area contributed by atoms with Crippen LogP contribution in [0.1, 0.15) is 22.9 Å². The van der Waals surface area contributed by atoms with Gasteiger partial charge in [-0.1, -0.05) is 5.16 Å². The molecule has 0 unspecified atom stereocenters. The number of nitrogens with one attached hydrogen (secondary N) is 1. The predicted molar refractivity (Wildman–Crippen MR) is 133 cm³/mol. The van der Waals surface area contributed by atoms with Gasteiger partial charge in [0.15, 0.2) is 5.82 Å². The Morgan fingerprint density at radius 1 is 0.943 bits per heavy atom. The van der Waals surface area contributed by atoms with Crippen LogP contribution in [0.15, 0.2) is 65.6 Å². The molecule has 9 nitrogen and oxygen atoms in total. The van der Waals surface area contributed by atoms with Gasteiger partial charge in [0, 0.05) is 74.7 Å². The Bertz CT molecular complexity index is 1440. The number of hydrogen-bond acceptors (Lipinski definition) is 8. The minimum Gasteiger partial charge on any atom is -0.369 e. The highest BCUT2D eigenvalue weighted by atomic mass is 16.5. The third-order valence-corrected chi connectivity index (χ3v) is 6.34. The average molecular weight is 467 g/mol. The first kappa shape index (κ1) is 21.4. The fourth-order valence-corrected chi connectivity index (χ4v) is 4.57. The number of aryl methyl sites for hydroxylation is 1. The molecule has 5 aromatic rings. The molecule has 0 spiro atoms. The molecule has 1 aliphatic heterocycles. The van der Waals surface area contributed by atoms with E-state index in [-0.39, 0.29) is 0 Å². The summed E-state index contributed by atoms with van der Waals surface area (Å²) in [5, 5.41) is 3.87. The highest BCUT2D eigenvalue weighted by Gasteiger charge is 2.17. The molecule has 35 heavy (non-hydrogen) atoms. The van der Waals surface area contributed by atoms with Crippen molar-refractivity contribution in [1.29, 1.82) is 0 Å². The summed E-state index contributed by atoms with van der Waals surface area (Å²) < 4.78 is 5.29. The summed E-state index contributed by atoms with van der Waals surface area (Å²) in [6, 6.07) is 14.4. The van der Waals surface area contributed by atoms with Gasteiger partial charge in [-0.2, -0.15) is 4.98 Å². The monoisotopic (exact) mass is 466 g/mol. The molecule has 1 saturated heterocycles. The number of imidazole rings is 1. The Balaban J connectivity index is 1.11. The number of piperazine rings is 1. The van der Waals surface area contributed by atoms with Crippen LogP contribution in [0, 0.1) is 6.92 Å². The van der Waals surface area contributed by atoms with E-state index in [0.717, 1.165) is 60.8 Å². The van der Waals surface area contributed by atoms with E-state index in [0.29, 0.717) is 18.1 Å². The van der Waals surface area contributed by atoms with E-state index >= 15 is 0 Å². The van der Waals surface area contributed by atoms with Crippen LogP contribution in [0.3, 0.4) is 0 Å². The molecule has 4 aromatic heterocycles. The molecule has 176 valence electrons. The van der Waals surface area contributed by atoms with Crippen LogP contribution in [0.4, 0.5) is 5.69 Å². The van der Waals surface area contributed by atoms with Crippen LogP contribution in [0.5, 0.6) is 0 Å². The number of pyridine rings is 2. The summed E-state index contributed by atoms with van der Waals surface area (Å²) in [4.78, 5) is 26.1. The zero-order valence-electron chi connectivity index (χ0n) is 19.6. The molecule has 6 rings (SSSR count). The van der Waals surface area contributed by atoms with Gasteiger partial charge in [0.1, 0.15) is 5.82 Å². The summed E-state index contributed by atoms with van der Waals surface area (Å²) in [6.07, 6.45) is 6.26. The lowest BCUT2D eigenvalue weighted by molar-refractivity contribution is 0.249. The van der Waals surface area contributed by atoms with Gasteiger partial charge in [-0.25, -0.2) is 4.98 Å². The molecule has 0 saturated carbocycles. The van der Waals surface area contributed by atoms with Gasteiger partial charge in [-0.05, 0) is 55.0 Å². The van der Waals surface area contributed by atoms with E-state index in [4.69, 9.17) is 9.51 Å². The van der Waals surface area contributed by atoms with Crippen LogP contribution in [0.2, 0.25) is 0 Å². The van der Waals surface area contributed by atoms with Crippen molar-refractivity contribution in [3.63, 3.8) is 0 Å². The van der Waals surface area contributed by atoms with E-state index in [9.17, 15) is 0 Å². The standard InChI is InChI=1S/C26H26N8O/c1-18-29-26(35-32-18)20-2-3-23-24(15-20)31-25(30-23)16-21-14-19(4-9-28-21)17-33-10-12-34(13-11-33)22-5-7-27-8-6-22/h2-9,14-15H,10-13,16-17H2,1H3,(H,30,31). The average Bonchev–Trinajstić information content (AvgIpc) is 3.50. The quantitative estimate of drug-likeness (QED) is 0.405. The molecule has 0 radical (unpaired) electrons. The molecule has 0 amide bonds. The maximum atomic E-state index is 5.29. The van der Waals surface area contributed by atoms with E-state index < -0.39 is 0 Å². The molecule has 0 atom stereocenters. The molecule has 1 fully saturated rings. The highest BCUT2D eigenvalue weighted by molar-refractivity contribution is 5.80. The van der Waals surface area contributed by atoms with Gasteiger partial charge in [0.25, 0.3) is 5.89 Å². The number of rotatable bonds is 6. The zero-order chi connectivity index (χ0) is 23.6. The number of aromatic nitrogens is 6. The van der Waals surface area contributed by atoms with Crippen LogP contribution < -0.4 is 4.90 Å². The second-order valence-electron chi connectivity index (χ2n) is 8.86. The van der Waals surface area contributed by atoms with Gasteiger partial charge in [0.2, 0.25) is 0 Å². The number of fused-ring (bicyclic) bond motifs is 1. The van der Waals surface area contributed by atoms with Crippen molar-refractivity contribution in [1.82, 2.24) is 35.0 Å². The van der Waals surface area contributed by atoms with E-state index in [1.807, 2.05) is 43.7 Å². The Hall–Kier alpha value is -4.11. The van der Waals surface area contributed by atoms with Crippen molar-refractivity contribution in [2.45, 2.75) is 19.9 Å². The molecule has 0 bridgehead atoms. The first-order chi connectivity index (χ1) is 17.2. The number of anilines is 1. The fourth-order valence-electron chi connectivity index (χ4n) is 4.57. The number of H-pyrrole nitrogens is 1. The number of hydrogen-bond donors (Lipinski definition) is 1. The summed E-state index contributed by atoms with van der Waals surface area (Å²) >= 11 is 0. The lowest BCUT2D eigenvalue weighted by Crippen LogP contribution is -2.45. The minimum atomic E-state index is 0.511. The van der Waals surface area contributed by atoms with Crippen molar-refractivity contribution in [2.24, 2.45) is 0 Å². The minimum absolute atomic E-state index is 0.511. The normalized spacial score (nSPS) is 14.6. The third kappa shape index (κ3) is 4.76. The predicted octanol–water partition coefficient (Wildman–Crippen LogP) is 3.62. The molecule has 1 N–H and O–H groups in total. The zero-order valence-corrected chi connectivity index (χ0v) is 19.6. The van der Waals surface area contributed by atoms with Gasteiger partial charge in [-0.3, -0.25) is 14.9 Å². The van der Waals surface area contributed by atoms with Crippen molar-refractivity contribution < 1.29 is 4.52 Å². The maximum absolute atomic E-state index is 5.29. The molecule has 1 aliphatic rings. The van der Waals surface area contributed by atoms with Crippen molar-refractivity contribution in [3.05, 3.63) is 84.0 Å². The Morgan fingerprint density at radius 2 is 1.80 bits per heavy atom. The summed E-state index contributed by atoms with van der Waals surface area (Å²) in [5.41, 5.74) is 6.25. The van der Waals surface area contributed by atoms with Crippen molar-refractivity contribution >= 4 is 16.7 Å². The largest absolute Gasteiger partial charge is 0.369 e. The Morgan fingerprint density at radius 3 is 2.60 bits per heavy atom. The Labute approximate surface area is 202 Å². The van der Waals surface area contributed by atoms with Crippen LogP contribution in [-0.2, 0) is 13.0 Å². The van der Waals surface area contributed by atoms with E-state index in [1.54, 1.807) is 0 Å². The highest BCUT2D eigenvalue weighted by Crippen LogP contribution is 2.23. The molecule has 1 aromatic carbocycles. The van der Waals surface area contributed by atoms with E-state index in [2.05, 4.69) is 59.2 Å². The van der Waals surface area contributed by atoms with Gasteiger partial charge in [0.05, 0.1) is 11.0 Å². The molecular weight excluding hydrogens is 440 g/mol. The number of aromatic amines is 1. The van der Waals surface area contributed by atoms with Crippen molar-refractivity contribution in [3.8, 4) is 11.5 Å². The molecule has 5 heterocycles. The smallest absolute Gasteiger partial charge is 0.257 e. The van der Waals surface area contributed by atoms with Crippen LogP contribution >= 0.6 is 0 Å². The van der Waals surface area contributed by atoms with Gasteiger partial charge >= 0.3 is 0 Å². The Kier molecular flexibility index (Phi) is 5.67. The number of benzene rings is 1. The van der Waals surface area contributed by atoms with Gasteiger partial charge in [-0.15, -0.1) is 0 Å². The molecule has 0 aliphatic carbocycles. The molecular formula is C26H26N8O. The maximum Gasteiger partial charge on any atom is 0.257 e. The second-order valence-corrected chi connectivity index (χ2v) is 8.86. The lowest BCUT2D eigenvalue weighted by Gasteiger charge is -2.36. The summed E-state index contributed by atoms with van der Waals surface area (Å²) in [6.45, 7) is 6.84. The van der Waals surface area contributed by atoms with E-state index in [1.165, 1.54) is 11.3 Å². The summed E-state index contributed by atoms with van der Waals surface area (Å²) in [5.74, 6) is 2.01. The van der Waals surface area contributed by atoms with Gasteiger partial charge < -0.3 is 14.4 Å². The van der Waals surface area contributed by atoms with Crippen LogP contribution in [0.25, 0.3) is 22.5 Å². The first-order valence-corrected chi connectivity index (χ1v) is 11.8. The summed E-state index contributed by atoms with van der Waals surface area (Å²) in [7, 11) is 0. The molecule has 9 heteroatoms. The first-order valence-electron chi connectivity index (χ1n) is 11.8. The topological polar surface area (TPSA) is 99.9 Å². The fraction of sp³-hybridized carbons (Fsp3) is 0.269. The number of nitrogens with zero attached hydrogens (tertiary/aromatic N) is 7.